The zero-order chi connectivity index (χ0) is 36.6. The van der Waals surface area contributed by atoms with E-state index in [4.69, 9.17) is 19.9 Å². The summed E-state index contributed by atoms with van der Waals surface area (Å²) in [5.41, 5.74) is 11.2. The molecule has 0 spiro atoms. The van der Waals surface area contributed by atoms with Crippen molar-refractivity contribution in [3.63, 3.8) is 0 Å². The molecule has 10 aromatic rings. The Balaban J connectivity index is 1.05. The van der Waals surface area contributed by atoms with Crippen LogP contribution in [-0.2, 0) is 0 Å². The molecule has 6 heteroatoms. The van der Waals surface area contributed by atoms with Gasteiger partial charge in [0.1, 0.15) is 5.69 Å². The summed E-state index contributed by atoms with van der Waals surface area (Å²) in [5, 5.41) is 3.71. The van der Waals surface area contributed by atoms with E-state index in [0.29, 0.717) is 23.2 Å². The normalized spacial score (nSPS) is 11.3. The third-order valence-corrected chi connectivity index (χ3v) is 9.98. The molecule has 258 valence electrons. The quantitative estimate of drug-likeness (QED) is 0.165. The molecular formula is C49H32N6. The molecule has 4 aromatic heterocycles. The van der Waals surface area contributed by atoms with Crippen LogP contribution in [0.2, 0.25) is 0 Å². The summed E-state index contributed by atoms with van der Waals surface area (Å²) in [6.07, 6.45) is 5.77. The van der Waals surface area contributed by atoms with Crippen LogP contribution >= 0.6 is 0 Å². The van der Waals surface area contributed by atoms with Gasteiger partial charge in [-0.2, -0.15) is 0 Å². The Bertz CT molecular complexity index is 2920. The molecule has 0 aliphatic heterocycles. The lowest BCUT2D eigenvalue weighted by molar-refractivity contribution is 1.06. The molecule has 0 N–H and O–H groups in total. The van der Waals surface area contributed by atoms with E-state index in [0.717, 1.165) is 44.8 Å². The summed E-state index contributed by atoms with van der Waals surface area (Å²) in [4.78, 5) is 23.9. The summed E-state index contributed by atoms with van der Waals surface area (Å²) in [6, 6.07) is 60.8. The number of pyridine rings is 2. The second-order valence-corrected chi connectivity index (χ2v) is 13.4. The van der Waals surface area contributed by atoms with Gasteiger partial charge in [0.15, 0.2) is 17.5 Å². The van der Waals surface area contributed by atoms with Crippen LogP contribution in [0.15, 0.2) is 195 Å². The van der Waals surface area contributed by atoms with Gasteiger partial charge in [0, 0.05) is 51.9 Å². The van der Waals surface area contributed by atoms with Crippen molar-refractivity contribution in [2.24, 2.45) is 0 Å². The van der Waals surface area contributed by atoms with Crippen LogP contribution in [0, 0.1) is 0 Å². The Kier molecular flexibility index (Phi) is 8.04. The molecule has 0 atom stereocenters. The maximum absolute atomic E-state index is 5.11. The van der Waals surface area contributed by atoms with E-state index in [2.05, 4.69) is 131 Å². The fourth-order valence-corrected chi connectivity index (χ4v) is 7.31. The Hall–Kier alpha value is -7.57. The van der Waals surface area contributed by atoms with Crippen LogP contribution in [0.3, 0.4) is 0 Å². The zero-order valence-corrected chi connectivity index (χ0v) is 29.7. The monoisotopic (exact) mass is 704 g/mol. The summed E-state index contributed by atoms with van der Waals surface area (Å²) in [5.74, 6) is 1.67. The predicted molar refractivity (Wildman–Crippen MR) is 222 cm³/mol. The zero-order valence-electron chi connectivity index (χ0n) is 29.7. The van der Waals surface area contributed by atoms with Gasteiger partial charge >= 0.3 is 0 Å². The van der Waals surface area contributed by atoms with Crippen molar-refractivity contribution in [3.8, 4) is 73.5 Å². The summed E-state index contributed by atoms with van der Waals surface area (Å²) < 4.78 is 2.30. The molecule has 6 aromatic carbocycles. The number of benzene rings is 6. The van der Waals surface area contributed by atoms with Gasteiger partial charge in [-0.05, 0) is 82.1 Å². The first-order chi connectivity index (χ1) is 27.2. The predicted octanol–water partition coefficient (Wildman–Crippen LogP) is 11.8. The molecule has 0 saturated heterocycles. The van der Waals surface area contributed by atoms with Gasteiger partial charge in [-0.1, -0.05) is 121 Å². The Morgan fingerprint density at radius 2 is 0.964 bits per heavy atom. The van der Waals surface area contributed by atoms with Crippen LogP contribution in [0.25, 0.3) is 95.2 Å². The summed E-state index contributed by atoms with van der Waals surface area (Å²) in [7, 11) is 0. The number of para-hydroxylation sites is 1. The molecule has 10 rings (SSSR count). The molecule has 0 fully saturated rings. The van der Waals surface area contributed by atoms with Gasteiger partial charge in [-0.25, -0.2) is 19.9 Å². The second-order valence-electron chi connectivity index (χ2n) is 13.4. The van der Waals surface area contributed by atoms with E-state index < -0.39 is 0 Å². The highest BCUT2D eigenvalue weighted by Crippen LogP contribution is 2.39. The molecule has 0 aliphatic rings. The first kappa shape index (κ1) is 32.1. The number of fused-ring (bicyclic) bond motifs is 3. The second kappa shape index (κ2) is 13.8. The lowest BCUT2D eigenvalue weighted by atomic mass is 9.95. The van der Waals surface area contributed by atoms with Crippen molar-refractivity contribution < 1.29 is 0 Å². The van der Waals surface area contributed by atoms with Gasteiger partial charge in [-0.3, -0.25) is 4.98 Å². The van der Waals surface area contributed by atoms with E-state index in [-0.39, 0.29) is 0 Å². The van der Waals surface area contributed by atoms with Crippen molar-refractivity contribution >= 4 is 21.7 Å². The summed E-state index contributed by atoms with van der Waals surface area (Å²) >= 11 is 0. The topological polar surface area (TPSA) is 69.4 Å². The maximum Gasteiger partial charge on any atom is 0.182 e. The van der Waals surface area contributed by atoms with Gasteiger partial charge in [0.05, 0.1) is 11.2 Å². The Morgan fingerprint density at radius 1 is 0.382 bits per heavy atom. The molecule has 55 heavy (non-hydrogen) atoms. The smallest absolute Gasteiger partial charge is 0.182 e. The van der Waals surface area contributed by atoms with E-state index in [1.54, 1.807) is 12.4 Å². The lowest BCUT2D eigenvalue weighted by Gasteiger charge is -2.10. The molecule has 0 radical (unpaired) electrons. The van der Waals surface area contributed by atoms with Crippen LogP contribution in [0.5, 0.6) is 0 Å². The van der Waals surface area contributed by atoms with Crippen LogP contribution in [0.4, 0.5) is 0 Å². The molecule has 6 nitrogen and oxygen atoms in total. The van der Waals surface area contributed by atoms with E-state index in [1.165, 1.54) is 27.2 Å². The van der Waals surface area contributed by atoms with Crippen molar-refractivity contribution in [1.29, 1.82) is 0 Å². The van der Waals surface area contributed by atoms with Gasteiger partial charge in [0.25, 0.3) is 0 Å². The molecular weight excluding hydrogens is 673 g/mol. The highest BCUT2D eigenvalue weighted by molar-refractivity contribution is 6.14. The Labute approximate surface area is 318 Å². The largest absolute Gasteiger partial charge is 0.316 e. The fraction of sp³-hybridized carbons (Fsp3) is 0. The third-order valence-electron chi connectivity index (χ3n) is 9.98. The number of hydrogen-bond acceptors (Lipinski definition) is 5. The standard InChI is InChI=1S/C49H32N6/c1-3-13-34(14-4-1)47-52-48(35-26-28-50-29-27-35)54-49(53-47)44-23-11-22-43(51-44)39-18-10-16-37(31-39)36-15-9-17-38(30-36)42-32-55(40-19-5-2-6-20-40)45-25-24-33-12-7-8-21-41(33)46(42)45/h1-32H. The minimum absolute atomic E-state index is 0.508. The van der Waals surface area contributed by atoms with E-state index in [1.807, 2.05) is 60.7 Å². The highest BCUT2D eigenvalue weighted by Gasteiger charge is 2.17. The molecule has 0 amide bonds. The number of rotatable bonds is 7. The lowest BCUT2D eigenvalue weighted by Crippen LogP contribution is -2.01. The fourth-order valence-electron chi connectivity index (χ4n) is 7.31. The van der Waals surface area contributed by atoms with Gasteiger partial charge < -0.3 is 4.57 Å². The van der Waals surface area contributed by atoms with Gasteiger partial charge in [-0.15, -0.1) is 0 Å². The molecule has 0 aliphatic carbocycles. The summed E-state index contributed by atoms with van der Waals surface area (Å²) in [6.45, 7) is 0. The first-order valence-corrected chi connectivity index (χ1v) is 18.2. The molecule has 0 bridgehead atoms. The minimum Gasteiger partial charge on any atom is -0.316 e. The van der Waals surface area contributed by atoms with Crippen LogP contribution in [0.1, 0.15) is 0 Å². The Morgan fingerprint density at radius 3 is 1.75 bits per heavy atom. The minimum atomic E-state index is 0.508. The van der Waals surface area contributed by atoms with Crippen LogP contribution in [-0.4, -0.2) is 29.5 Å². The number of aromatic nitrogens is 6. The number of hydrogen-bond donors (Lipinski definition) is 0. The van der Waals surface area contributed by atoms with Crippen LogP contribution < -0.4 is 0 Å². The van der Waals surface area contributed by atoms with Crippen molar-refractivity contribution in [2.45, 2.75) is 0 Å². The number of nitrogens with zero attached hydrogens (tertiary/aromatic N) is 6. The average Bonchev–Trinajstić information content (AvgIpc) is 3.68. The SMILES string of the molecule is c1ccc(-c2nc(-c3ccncc3)nc(-c3cccc(-c4cccc(-c5cccc(-c6cn(-c7ccccc7)c7ccc8ccccc8c67)c5)c4)n3)n2)cc1. The molecule has 0 unspecified atom stereocenters. The van der Waals surface area contributed by atoms with Crippen molar-refractivity contribution in [1.82, 2.24) is 29.5 Å². The van der Waals surface area contributed by atoms with Gasteiger partial charge in [0.2, 0.25) is 0 Å². The molecule has 4 heterocycles. The average molecular weight is 705 g/mol. The van der Waals surface area contributed by atoms with E-state index in [9.17, 15) is 0 Å². The van der Waals surface area contributed by atoms with Crippen molar-refractivity contribution in [2.75, 3.05) is 0 Å². The maximum atomic E-state index is 5.11. The first-order valence-electron chi connectivity index (χ1n) is 18.2. The molecule has 0 saturated carbocycles. The van der Waals surface area contributed by atoms with Crippen molar-refractivity contribution in [3.05, 3.63) is 195 Å². The third kappa shape index (κ3) is 6.11. The highest BCUT2D eigenvalue weighted by atomic mass is 15.0. The van der Waals surface area contributed by atoms with E-state index >= 15 is 0 Å².